The lowest BCUT2D eigenvalue weighted by molar-refractivity contribution is -0.137. The van der Waals surface area contributed by atoms with Gasteiger partial charge in [-0.1, -0.05) is 0 Å². The van der Waals surface area contributed by atoms with E-state index < -0.39 is 11.7 Å². The topological polar surface area (TPSA) is 43.8 Å². The van der Waals surface area contributed by atoms with Crippen LogP contribution >= 0.6 is 0 Å². The van der Waals surface area contributed by atoms with Crippen molar-refractivity contribution >= 4 is 11.0 Å². The van der Waals surface area contributed by atoms with E-state index in [-0.39, 0.29) is 6.04 Å². The zero-order valence-corrected chi connectivity index (χ0v) is 9.54. The van der Waals surface area contributed by atoms with Crippen LogP contribution < -0.4 is 5.73 Å². The second-order valence-electron chi connectivity index (χ2n) is 4.57. The second-order valence-corrected chi connectivity index (χ2v) is 4.57. The minimum Gasteiger partial charge on any atom is -0.327 e. The number of fused-ring (bicyclic) bond motifs is 3. The van der Waals surface area contributed by atoms with Crippen molar-refractivity contribution in [3.8, 4) is 0 Å². The summed E-state index contributed by atoms with van der Waals surface area (Å²) in [6.07, 6.45) is -2.57. The molecule has 1 aromatic carbocycles. The first-order valence-corrected chi connectivity index (χ1v) is 5.80. The van der Waals surface area contributed by atoms with Gasteiger partial charge < -0.3 is 10.3 Å². The van der Waals surface area contributed by atoms with E-state index in [9.17, 15) is 13.2 Å². The van der Waals surface area contributed by atoms with Gasteiger partial charge in [-0.25, -0.2) is 4.98 Å². The lowest BCUT2D eigenvalue weighted by Crippen LogP contribution is -2.21. The highest BCUT2D eigenvalue weighted by Gasteiger charge is 2.31. The highest BCUT2D eigenvalue weighted by molar-refractivity contribution is 5.77. The smallest absolute Gasteiger partial charge is 0.327 e. The molecule has 18 heavy (non-hydrogen) atoms. The fourth-order valence-corrected chi connectivity index (χ4v) is 2.44. The molecule has 0 saturated heterocycles. The van der Waals surface area contributed by atoms with Gasteiger partial charge in [-0.05, 0) is 31.0 Å². The van der Waals surface area contributed by atoms with Gasteiger partial charge in [-0.3, -0.25) is 0 Å². The summed E-state index contributed by atoms with van der Waals surface area (Å²) >= 11 is 0. The van der Waals surface area contributed by atoms with Gasteiger partial charge in [0, 0.05) is 6.54 Å². The molecule has 0 fully saturated rings. The molecule has 1 aromatic heterocycles. The molecule has 0 radical (unpaired) electrons. The number of aryl methyl sites for hydroxylation is 1. The summed E-state index contributed by atoms with van der Waals surface area (Å²) in [5.74, 6) is 0.690. The van der Waals surface area contributed by atoms with Crippen LogP contribution in [0.5, 0.6) is 0 Å². The summed E-state index contributed by atoms with van der Waals surface area (Å²) < 4.78 is 39.8. The summed E-state index contributed by atoms with van der Waals surface area (Å²) in [6.45, 7) is 0.769. The number of alkyl halides is 3. The molecule has 3 rings (SSSR count). The molecule has 0 aliphatic carbocycles. The van der Waals surface area contributed by atoms with Crippen LogP contribution in [0.15, 0.2) is 18.2 Å². The number of imidazole rings is 1. The summed E-state index contributed by atoms with van der Waals surface area (Å²) in [5, 5.41) is 0. The molecule has 0 saturated carbocycles. The number of halogens is 3. The predicted octanol–water partition coefficient (Wildman–Crippen LogP) is 2.85. The van der Waals surface area contributed by atoms with Gasteiger partial charge in [0.25, 0.3) is 0 Å². The Hall–Kier alpha value is -1.56. The van der Waals surface area contributed by atoms with Gasteiger partial charge in [-0.2, -0.15) is 13.2 Å². The van der Waals surface area contributed by atoms with Crippen LogP contribution in [0, 0.1) is 0 Å². The Morgan fingerprint density at radius 2 is 2.11 bits per heavy atom. The van der Waals surface area contributed by atoms with Crippen LogP contribution in [0.4, 0.5) is 13.2 Å². The molecular weight excluding hydrogens is 243 g/mol. The van der Waals surface area contributed by atoms with Crippen molar-refractivity contribution in [3.63, 3.8) is 0 Å². The maximum absolute atomic E-state index is 12.6. The number of nitrogens with two attached hydrogens (primary N) is 1. The molecule has 1 aliphatic heterocycles. The van der Waals surface area contributed by atoms with Gasteiger partial charge in [-0.15, -0.1) is 0 Å². The third kappa shape index (κ3) is 1.68. The van der Waals surface area contributed by atoms with Crippen molar-refractivity contribution in [2.45, 2.75) is 31.6 Å². The van der Waals surface area contributed by atoms with Gasteiger partial charge in [0.05, 0.1) is 22.6 Å². The van der Waals surface area contributed by atoms with Crippen molar-refractivity contribution in [2.75, 3.05) is 0 Å². The average Bonchev–Trinajstić information content (AvgIpc) is 2.67. The van der Waals surface area contributed by atoms with Crippen molar-refractivity contribution in [3.05, 3.63) is 29.6 Å². The van der Waals surface area contributed by atoms with Crippen LogP contribution in [0.1, 0.15) is 30.3 Å². The Morgan fingerprint density at radius 1 is 1.33 bits per heavy atom. The fraction of sp³-hybridized carbons (Fsp3) is 0.417. The Morgan fingerprint density at radius 3 is 2.83 bits per heavy atom. The second kappa shape index (κ2) is 3.71. The molecule has 2 aromatic rings. The number of hydrogen-bond donors (Lipinski definition) is 1. The molecule has 1 unspecified atom stereocenters. The minimum atomic E-state index is -4.33. The van der Waals surface area contributed by atoms with Crippen LogP contribution in [-0.2, 0) is 12.7 Å². The molecule has 6 heteroatoms. The maximum atomic E-state index is 12.6. The standard InChI is InChI=1S/C12H12F3N3/c13-12(14,15)7-3-4-10-9(6-7)17-11-8(16)2-1-5-18(10)11/h3-4,6,8H,1-2,5,16H2. The molecule has 3 nitrogen and oxygen atoms in total. The normalized spacial score (nSPS) is 20.1. The quantitative estimate of drug-likeness (QED) is 0.786. The lowest BCUT2D eigenvalue weighted by atomic mass is 10.1. The summed E-state index contributed by atoms with van der Waals surface area (Å²) in [6, 6.07) is 3.48. The van der Waals surface area contributed by atoms with Crippen molar-refractivity contribution < 1.29 is 13.2 Å². The zero-order valence-electron chi connectivity index (χ0n) is 9.54. The van der Waals surface area contributed by atoms with Gasteiger partial charge >= 0.3 is 6.18 Å². The van der Waals surface area contributed by atoms with Crippen molar-refractivity contribution in [1.29, 1.82) is 0 Å². The third-order valence-corrected chi connectivity index (χ3v) is 3.33. The molecule has 1 atom stereocenters. The van der Waals surface area contributed by atoms with E-state index in [0.717, 1.165) is 37.0 Å². The van der Waals surface area contributed by atoms with E-state index in [4.69, 9.17) is 5.73 Å². The number of rotatable bonds is 0. The van der Waals surface area contributed by atoms with Gasteiger partial charge in [0.1, 0.15) is 5.82 Å². The number of aromatic nitrogens is 2. The molecule has 1 aliphatic rings. The molecule has 0 bridgehead atoms. The monoisotopic (exact) mass is 255 g/mol. The van der Waals surface area contributed by atoms with Crippen molar-refractivity contribution in [2.24, 2.45) is 5.73 Å². The Kier molecular flexibility index (Phi) is 2.38. The highest BCUT2D eigenvalue weighted by atomic mass is 19.4. The van der Waals surface area contributed by atoms with E-state index >= 15 is 0 Å². The van der Waals surface area contributed by atoms with E-state index in [1.54, 1.807) is 0 Å². The molecule has 0 amide bonds. The van der Waals surface area contributed by atoms with Crippen LogP contribution in [0.25, 0.3) is 11.0 Å². The number of hydrogen-bond acceptors (Lipinski definition) is 2. The maximum Gasteiger partial charge on any atom is 0.416 e. The SMILES string of the molecule is NC1CCCn2c1nc1cc(C(F)(F)F)ccc12. The minimum absolute atomic E-state index is 0.180. The van der Waals surface area contributed by atoms with Crippen molar-refractivity contribution in [1.82, 2.24) is 9.55 Å². The fourth-order valence-electron chi connectivity index (χ4n) is 2.44. The number of nitrogens with zero attached hydrogens (tertiary/aromatic N) is 2. The Balaban J connectivity index is 2.19. The van der Waals surface area contributed by atoms with Crippen LogP contribution in [-0.4, -0.2) is 9.55 Å². The molecule has 2 N–H and O–H groups in total. The third-order valence-electron chi connectivity index (χ3n) is 3.33. The van der Waals surface area contributed by atoms with E-state index in [0.29, 0.717) is 11.3 Å². The molecule has 2 heterocycles. The Bertz CT molecular complexity index is 600. The molecule has 0 spiro atoms. The molecular formula is C12H12F3N3. The summed E-state index contributed by atoms with van der Waals surface area (Å²) in [4.78, 5) is 4.25. The first kappa shape index (κ1) is 11.5. The van der Waals surface area contributed by atoms with Gasteiger partial charge in [0.15, 0.2) is 0 Å². The lowest BCUT2D eigenvalue weighted by Gasteiger charge is -2.20. The Labute approximate surface area is 101 Å². The van der Waals surface area contributed by atoms with Gasteiger partial charge in [0.2, 0.25) is 0 Å². The average molecular weight is 255 g/mol. The zero-order chi connectivity index (χ0) is 12.9. The highest BCUT2D eigenvalue weighted by Crippen LogP contribution is 2.33. The van der Waals surface area contributed by atoms with E-state index in [2.05, 4.69) is 4.98 Å². The van der Waals surface area contributed by atoms with E-state index in [1.807, 2.05) is 4.57 Å². The first-order chi connectivity index (χ1) is 8.47. The number of benzene rings is 1. The van der Waals surface area contributed by atoms with E-state index in [1.165, 1.54) is 6.07 Å². The summed E-state index contributed by atoms with van der Waals surface area (Å²) in [5.41, 5.74) is 6.36. The predicted molar refractivity (Wildman–Crippen MR) is 60.9 cm³/mol. The first-order valence-electron chi connectivity index (χ1n) is 5.80. The van der Waals surface area contributed by atoms with Crippen LogP contribution in [0.2, 0.25) is 0 Å². The van der Waals surface area contributed by atoms with Crippen LogP contribution in [0.3, 0.4) is 0 Å². The summed E-state index contributed by atoms with van der Waals surface area (Å²) in [7, 11) is 0. The molecule has 96 valence electrons. The largest absolute Gasteiger partial charge is 0.416 e.